The molecule has 1 N–H and O–H groups in total. The van der Waals surface area contributed by atoms with Gasteiger partial charge in [-0.1, -0.05) is 35.0 Å². The summed E-state index contributed by atoms with van der Waals surface area (Å²) in [4.78, 5) is 0. The molecular formula is C13H20BrNS. The SMILES string of the molecule is CCCNC(CSC)Cc1ccc(Br)cc1. The second-order valence-electron chi connectivity index (χ2n) is 3.94. The molecule has 0 aliphatic rings. The third kappa shape index (κ3) is 5.37. The molecule has 0 amide bonds. The van der Waals surface area contributed by atoms with Crippen LogP contribution < -0.4 is 5.32 Å². The molecule has 0 aliphatic carbocycles. The van der Waals surface area contributed by atoms with Crippen molar-refractivity contribution in [3.05, 3.63) is 34.3 Å². The van der Waals surface area contributed by atoms with Gasteiger partial charge < -0.3 is 5.32 Å². The minimum Gasteiger partial charge on any atom is -0.313 e. The van der Waals surface area contributed by atoms with Gasteiger partial charge in [-0.2, -0.15) is 11.8 Å². The van der Waals surface area contributed by atoms with Crippen LogP contribution in [-0.4, -0.2) is 24.6 Å². The summed E-state index contributed by atoms with van der Waals surface area (Å²) in [6, 6.07) is 9.23. The van der Waals surface area contributed by atoms with E-state index >= 15 is 0 Å². The van der Waals surface area contributed by atoms with Crippen molar-refractivity contribution in [3.8, 4) is 0 Å². The smallest absolute Gasteiger partial charge is 0.0198 e. The van der Waals surface area contributed by atoms with Gasteiger partial charge in [0.2, 0.25) is 0 Å². The molecule has 0 heterocycles. The highest BCUT2D eigenvalue weighted by Crippen LogP contribution is 2.13. The van der Waals surface area contributed by atoms with E-state index in [1.165, 1.54) is 17.7 Å². The topological polar surface area (TPSA) is 12.0 Å². The first-order valence-electron chi connectivity index (χ1n) is 5.73. The van der Waals surface area contributed by atoms with Crippen LogP contribution in [0.5, 0.6) is 0 Å². The van der Waals surface area contributed by atoms with E-state index in [0.29, 0.717) is 6.04 Å². The molecule has 0 bridgehead atoms. The summed E-state index contributed by atoms with van der Waals surface area (Å²) >= 11 is 5.38. The molecule has 1 atom stereocenters. The Morgan fingerprint density at radius 1 is 1.31 bits per heavy atom. The molecule has 0 radical (unpaired) electrons. The molecule has 1 aromatic carbocycles. The summed E-state index contributed by atoms with van der Waals surface area (Å²) in [6.07, 6.45) is 4.49. The van der Waals surface area contributed by atoms with Gasteiger partial charge in [0.15, 0.2) is 0 Å². The zero-order valence-electron chi connectivity index (χ0n) is 10.0. The maximum Gasteiger partial charge on any atom is 0.0198 e. The summed E-state index contributed by atoms with van der Waals surface area (Å²) in [5, 5.41) is 3.60. The van der Waals surface area contributed by atoms with Crippen LogP contribution in [0.15, 0.2) is 28.7 Å². The monoisotopic (exact) mass is 301 g/mol. The van der Waals surface area contributed by atoms with Gasteiger partial charge in [-0.3, -0.25) is 0 Å². The largest absolute Gasteiger partial charge is 0.313 e. The van der Waals surface area contributed by atoms with Crippen molar-refractivity contribution in [2.24, 2.45) is 0 Å². The van der Waals surface area contributed by atoms with Gasteiger partial charge in [0.1, 0.15) is 0 Å². The van der Waals surface area contributed by atoms with E-state index in [1.807, 2.05) is 11.8 Å². The lowest BCUT2D eigenvalue weighted by Gasteiger charge is -2.17. The summed E-state index contributed by atoms with van der Waals surface area (Å²) in [5.41, 5.74) is 1.41. The zero-order valence-corrected chi connectivity index (χ0v) is 12.4. The Kier molecular flexibility index (Phi) is 7.17. The predicted octanol–water partition coefficient (Wildman–Crippen LogP) is 3.72. The predicted molar refractivity (Wildman–Crippen MR) is 78.3 cm³/mol. The van der Waals surface area contributed by atoms with Crippen LogP contribution in [0.4, 0.5) is 0 Å². The normalized spacial score (nSPS) is 12.7. The van der Waals surface area contributed by atoms with Crippen LogP contribution in [0, 0.1) is 0 Å². The molecule has 1 rings (SSSR count). The molecule has 1 aromatic rings. The van der Waals surface area contributed by atoms with Gasteiger partial charge in [-0.15, -0.1) is 0 Å². The van der Waals surface area contributed by atoms with Crippen LogP contribution in [0.1, 0.15) is 18.9 Å². The van der Waals surface area contributed by atoms with E-state index in [1.54, 1.807) is 0 Å². The molecule has 1 unspecified atom stereocenters. The quantitative estimate of drug-likeness (QED) is 0.824. The van der Waals surface area contributed by atoms with Crippen molar-refractivity contribution in [2.75, 3.05) is 18.6 Å². The Hall–Kier alpha value is 0.01000. The molecular weight excluding hydrogens is 282 g/mol. The maximum atomic E-state index is 3.60. The summed E-state index contributed by atoms with van der Waals surface area (Å²) in [6.45, 7) is 3.32. The maximum absolute atomic E-state index is 3.60. The van der Waals surface area contributed by atoms with Crippen molar-refractivity contribution in [1.29, 1.82) is 0 Å². The van der Waals surface area contributed by atoms with E-state index in [0.717, 1.165) is 17.4 Å². The van der Waals surface area contributed by atoms with Gasteiger partial charge in [0, 0.05) is 16.3 Å². The van der Waals surface area contributed by atoms with E-state index in [2.05, 4.69) is 58.7 Å². The van der Waals surface area contributed by atoms with E-state index in [9.17, 15) is 0 Å². The number of hydrogen-bond donors (Lipinski definition) is 1. The first-order chi connectivity index (χ1) is 7.76. The van der Waals surface area contributed by atoms with E-state index in [-0.39, 0.29) is 0 Å². The van der Waals surface area contributed by atoms with Gasteiger partial charge in [-0.25, -0.2) is 0 Å². The Morgan fingerprint density at radius 2 is 2.00 bits per heavy atom. The van der Waals surface area contributed by atoms with Gasteiger partial charge in [-0.05, 0) is 43.3 Å². The van der Waals surface area contributed by atoms with Crippen molar-refractivity contribution >= 4 is 27.7 Å². The van der Waals surface area contributed by atoms with Crippen molar-refractivity contribution in [1.82, 2.24) is 5.32 Å². The number of halogens is 1. The number of nitrogens with one attached hydrogen (secondary N) is 1. The third-order valence-corrected chi connectivity index (χ3v) is 3.71. The highest BCUT2D eigenvalue weighted by molar-refractivity contribution is 9.10. The number of rotatable bonds is 7. The summed E-state index contributed by atoms with van der Waals surface area (Å²) < 4.78 is 1.15. The molecule has 0 spiro atoms. The summed E-state index contributed by atoms with van der Waals surface area (Å²) in [5.74, 6) is 1.18. The molecule has 3 heteroatoms. The molecule has 90 valence electrons. The average molecular weight is 302 g/mol. The number of benzene rings is 1. The number of thioether (sulfide) groups is 1. The molecule has 1 nitrogen and oxygen atoms in total. The van der Waals surface area contributed by atoms with Crippen molar-refractivity contribution in [2.45, 2.75) is 25.8 Å². The minimum absolute atomic E-state index is 0.594. The lowest BCUT2D eigenvalue weighted by molar-refractivity contribution is 0.550. The molecule has 0 aliphatic heterocycles. The molecule has 0 saturated carbocycles. The highest BCUT2D eigenvalue weighted by atomic mass is 79.9. The van der Waals surface area contributed by atoms with Crippen molar-refractivity contribution < 1.29 is 0 Å². The first kappa shape index (κ1) is 14.1. The molecule has 0 aromatic heterocycles. The lowest BCUT2D eigenvalue weighted by Crippen LogP contribution is -2.33. The highest BCUT2D eigenvalue weighted by Gasteiger charge is 2.07. The fourth-order valence-electron chi connectivity index (χ4n) is 1.64. The second kappa shape index (κ2) is 8.15. The first-order valence-corrected chi connectivity index (χ1v) is 7.91. The van der Waals surface area contributed by atoms with E-state index < -0.39 is 0 Å². The fourth-order valence-corrected chi connectivity index (χ4v) is 2.55. The molecule has 16 heavy (non-hydrogen) atoms. The van der Waals surface area contributed by atoms with Gasteiger partial charge in [0.25, 0.3) is 0 Å². The Balaban J connectivity index is 2.49. The Morgan fingerprint density at radius 3 is 2.56 bits per heavy atom. The lowest BCUT2D eigenvalue weighted by atomic mass is 10.1. The third-order valence-electron chi connectivity index (χ3n) is 2.45. The van der Waals surface area contributed by atoms with Gasteiger partial charge >= 0.3 is 0 Å². The minimum atomic E-state index is 0.594. The standard InChI is InChI=1S/C13H20BrNS/c1-3-8-15-13(10-16-2)9-11-4-6-12(14)7-5-11/h4-7,13,15H,3,8-10H2,1-2H3. The van der Waals surface area contributed by atoms with Crippen LogP contribution in [-0.2, 0) is 6.42 Å². The van der Waals surface area contributed by atoms with E-state index in [4.69, 9.17) is 0 Å². The van der Waals surface area contributed by atoms with Crippen LogP contribution in [0.2, 0.25) is 0 Å². The Bertz CT molecular complexity index is 286. The van der Waals surface area contributed by atoms with Crippen LogP contribution in [0.25, 0.3) is 0 Å². The Labute approximate surface area is 112 Å². The second-order valence-corrected chi connectivity index (χ2v) is 5.76. The van der Waals surface area contributed by atoms with Crippen LogP contribution in [0.3, 0.4) is 0 Å². The van der Waals surface area contributed by atoms with Crippen molar-refractivity contribution in [3.63, 3.8) is 0 Å². The molecule has 0 saturated heterocycles. The number of hydrogen-bond acceptors (Lipinski definition) is 2. The average Bonchev–Trinajstić information content (AvgIpc) is 2.29. The summed E-state index contributed by atoms with van der Waals surface area (Å²) in [7, 11) is 0. The van der Waals surface area contributed by atoms with Crippen LogP contribution >= 0.6 is 27.7 Å². The zero-order chi connectivity index (χ0) is 11.8. The fraction of sp³-hybridized carbons (Fsp3) is 0.538. The molecule has 0 fully saturated rings. The van der Waals surface area contributed by atoms with Gasteiger partial charge in [0.05, 0.1) is 0 Å².